The summed E-state index contributed by atoms with van der Waals surface area (Å²) >= 11 is 2.15. The lowest BCUT2D eigenvalue weighted by molar-refractivity contribution is -0.200. The van der Waals surface area contributed by atoms with Crippen LogP contribution in [0.3, 0.4) is 0 Å². The van der Waals surface area contributed by atoms with E-state index in [2.05, 4.69) is 64.1 Å². The minimum Gasteiger partial charge on any atom is -0.377 e. The Balaban J connectivity index is 1.18. The minimum absolute atomic E-state index is 0.0206. The molecule has 0 bridgehead atoms. The van der Waals surface area contributed by atoms with Crippen molar-refractivity contribution < 1.29 is 4.74 Å². The lowest BCUT2D eigenvalue weighted by Crippen LogP contribution is -2.76. The van der Waals surface area contributed by atoms with Gasteiger partial charge in [0.15, 0.2) is 0 Å². The molecule has 5 unspecified atom stereocenters. The number of piperidine rings is 1. The zero-order valence-electron chi connectivity index (χ0n) is 26.3. The first-order chi connectivity index (χ1) is 21.4. The van der Waals surface area contributed by atoms with Crippen molar-refractivity contribution in [2.75, 3.05) is 83.6 Å². The predicted octanol–water partition coefficient (Wildman–Crippen LogP) is 2.41. The molecule has 5 atom stereocenters. The molecule has 0 saturated carbocycles. The third kappa shape index (κ3) is 6.53. The number of ether oxygens (including phenoxy) is 1. The predicted molar refractivity (Wildman–Crippen MR) is 177 cm³/mol. The van der Waals surface area contributed by atoms with Gasteiger partial charge in [0, 0.05) is 76.5 Å². The Bertz CT molecular complexity index is 997. The van der Waals surface area contributed by atoms with Crippen LogP contribution in [0.25, 0.3) is 0 Å². The van der Waals surface area contributed by atoms with E-state index in [1.165, 1.54) is 76.6 Å². The maximum Gasteiger partial charge on any atom is 0.129 e. The fourth-order valence-electron chi connectivity index (χ4n) is 8.99. The van der Waals surface area contributed by atoms with Gasteiger partial charge < -0.3 is 10.1 Å². The molecule has 0 aromatic carbocycles. The van der Waals surface area contributed by atoms with Crippen LogP contribution in [-0.4, -0.2) is 150 Å². The van der Waals surface area contributed by atoms with Gasteiger partial charge in [0.2, 0.25) is 0 Å². The summed E-state index contributed by atoms with van der Waals surface area (Å²) in [6.45, 7) is 11.6. The highest BCUT2D eigenvalue weighted by molar-refractivity contribution is 7.99. The van der Waals surface area contributed by atoms with Gasteiger partial charge in [-0.15, -0.1) is 0 Å². The molecular formula is C32H55N9OS. The molecule has 0 radical (unpaired) electrons. The highest BCUT2D eigenvalue weighted by Gasteiger charge is 2.51. The normalized spacial score (nSPS) is 38.6. The smallest absolute Gasteiger partial charge is 0.129 e. The van der Waals surface area contributed by atoms with E-state index in [-0.39, 0.29) is 5.79 Å². The molecule has 43 heavy (non-hydrogen) atoms. The zero-order chi connectivity index (χ0) is 28.9. The van der Waals surface area contributed by atoms with Crippen molar-refractivity contribution in [2.24, 2.45) is 10.2 Å². The molecule has 7 rings (SSSR count). The van der Waals surface area contributed by atoms with Crippen LogP contribution in [0, 0.1) is 0 Å². The summed E-state index contributed by atoms with van der Waals surface area (Å²) < 4.78 is 6.35. The van der Waals surface area contributed by atoms with Crippen LogP contribution in [-0.2, 0) is 4.74 Å². The van der Waals surface area contributed by atoms with Gasteiger partial charge in [0.25, 0.3) is 0 Å². The van der Waals surface area contributed by atoms with Gasteiger partial charge in [-0.1, -0.05) is 25.3 Å². The second-order valence-corrected chi connectivity index (χ2v) is 14.6. The number of nitrogens with one attached hydrogen (secondary N) is 2. The van der Waals surface area contributed by atoms with E-state index < -0.39 is 0 Å². The second-order valence-electron chi connectivity index (χ2n) is 13.4. The average molecular weight is 614 g/mol. The Hall–Kier alpha value is -0.890. The van der Waals surface area contributed by atoms with Gasteiger partial charge in [-0.3, -0.25) is 29.8 Å². The summed E-state index contributed by atoms with van der Waals surface area (Å²) in [5.41, 5.74) is 1.15. The highest BCUT2D eigenvalue weighted by Crippen LogP contribution is 2.37. The van der Waals surface area contributed by atoms with Gasteiger partial charge in [-0.25, -0.2) is 0 Å². The molecule has 0 aromatic heterocycles. The lowest BCUT2D eigenvalue weighted by Gasteiger charge is -2.59. The first kappa shape index (κ1) is 30.7. The SMILES string of the molecule is C1=CC(C2CCCCCN2C2CNCCN2C2CSCCN2C2COCCN2C2(N3CCCCC3)CCCN2)=NN=CC1. The fraction of sp³-hybridized carbons (Fsp3) is 0.875. The Labute approximate surface area is 263 Å². The zero-order valence-corrected chi connectivity index (χ0v) is 27.1. The molecule has 0 aromatic rings. The van der Waals surface area contributed by atoms with Gasteiger partial charge >= 0.3 is 0 Å². The molecule has 0 aliphatic carbocycles. The Kier molecular flexibility index (Phi) is 10.5. The Morgan fingerprint density at radius 3 is 2.65 bits per heavy atom. The van der Waals surface area contributed by atoms with Crippen LogP contribution in [0.4, 0.5) is 0 Å². The molecule has 10 nitrogen and oxygen atoms in total. The molecule has 7 heterocycles. The summed E-state index contributed by atoms with van der Waals surface area (Å²) in [6, 6.07) is 0.325. The molecule has 240 valence electrons. The number of likely N-dealkylation sites (tertiary alicyclic amines) is 2. The lowest BCUT2D eigenvalue weighted by atomic mass is 10.0. The van der Waals surface area contributed by atoms with E-state index in [1.54, 1.807) is 0 Å². The van der Waals surface area contributed by atoms with E-state index in [0.717, 1.165) is 76.9 Å². The fourth-order valence-corrected chi connectivity index (χ4v) is 10.1. The number of allylic oxidation sites excluding steroid dienone is 1. The van der Waals surface area contributed by atoms with E-state index in [9.17, 15) is 0 Å². The number of hydrogen-bond donors (Lipinski definition) is 2. The third-order valence-electron chi connectivity index (χ3n) is 11.0. The van der Waals surface area contributed by atoms with Crippen LogP contribution < -0.4 is 10.6 Å². The molecule has 0 spiro atoms. The van der Waals surface area contributed by atoms with Gasteiger partial charge in [0.05, 0.1) is 43.5 Å². The van der Waals surface area contributed by atoms with Gasteiger partial charge in [-0.05, 0) is 51.1 Å². The maximum atomic E-state index is 6.35. The van der Waals surface area contributed by atoms with Crippen molar-refractivity contribution >= 4 is 23.7 Å². The van der Waals surface area contributed by atoms with Gasteiger partial charge in [-0.2, -0.15) is 22.0 Å². The van der Waals surface area contributed by atoms with Crippen molar-refractivity contribution in [3.8, 4) is 0 Å². The van der Waals surface area contributed by atoms with Gasteiger partial charge in [0.1, 0.15) is 5.79 Å². The Morgan fingerprint density at radius 2 is 1.74 bits per heavy atom. The molecule has 2 N–H and O–H groups in total. The number of thioether (sulfide) groups is 1. The van der Waals surface area contributed by atoms with Crippen LogP contribution in [0.1, 0.15) is 64.2 Å². The first-order valence-corrected chi connectivity index (χ1v) is 18.7. The van der Waals surface area contributed by atoms with Crippen molar-refractivity contribution in [1.29, 1.82) is 0 Å². The molecule has 7 aliphatic heterocycles. The molecule has 0 amide bonds. The monoisotopic (exact) mass is 613 g/mol. The second kappa shape index (κ2) is 14.7. The van der Waals surface area contributed by atoms with E-state index >= 15 is 0 Å². The highest BCUT2D eigenvalue weighted by atomic mass is 32.2. The number of rotatable bonds is 6. The van der Waals surface area contributed by atoms with E-state index in [4.69, 9.17) is 9.84 Å². The van der Waals surface area contributed by atoms with Crippen LogP contribution in [0.15, 0.2) is 22.4 Å². The molecule has 6 fully saturated rings. The summed E-state index contributed by atoms with van der Waals surface area (Å²) in [6.07, 6.45) is 19.9. The number of hydrogen-bond acceptors (Lipinski definition) is 11. The standard InChI is InChI=1S/C32H55N9OS/c1-3-11-28(27-10-4-5-14-35-36-27)38(18-8-1)29-24-33-15-19-39(29)31-26-43-23-21-40(31)30-25-42-22-20-41(30)32(12-9-13-34-32)37-16-6-2-7-17-37/h4,10,14,28-31,33-34H,1-3,5-9,11-13,15-26H2. The van der Waals surface area contributed by atoms with Crippen molar-refractivity contribution in [2.45, 2.75) is 94.5 Å². The summed E-state index contributed by atoms with van der Waals surface area (Å²) in [4.78, 5) is 14.2. The summed E-state index contributed by atoms with van der Waals surface area (Å²) in [5.74, 6) is 2.34. The molecular weight excluding hydrogens is 558 g/mol. The largest absolute Gasteiger partial charge is 0.377 e. The third-order valence-corrected chi connectivity index (χ3v) is 12.0. The number of piperazine rings is 1. The topological polar surface area (TPSA) is 74.2 Å². The maximum absolute atomic E-state index is 6.35. The minimum atomic E-state index is -0.0206. The van der Waals surface area contributed by atoms with E-state index in [1.807, 2.05) is 6.21 Å². The molecule has 11 heteroatoms. The first-order valence-electron chi connectivity index (χ1n) is 17.5. The van der Waals surface area contributed by atoms with E-state index in [0.29, 0.717) is 24.5 Å². The number of nitrogens with zero attached hydrogens (tertiary/aromatic N) is 7. The molecule has 7 aliphatic rings. The van der Waals surface area contributed by atoms with Crippen LogP contribution >= 0.6 is 11.8 Å². The Morgan fingerprint density at radius 1 is 0.860 bits per heavy atom. The van der Waals surface area contributed by atoms with Crippen molar-refractivity contribution in [3.63, 3.8) is 0 Å². The summed E-state index contributed by atoms with van der Waals surface area (Å²) in [7, 11) is 0. The number of morpholine rings is 1. The quantitative estimate of drug-likeness (QED) is 0.470. The van der Waals surface area contributed by atoms with Crippen LogP contribution in [0.2, 0.25) is 0 Å². The average Bonchev–Trinajstić information content (AvgIpc) is 3.25. The molecule has 6 saturated heterocycles. The van der Waals surface area contributed by atoms with Crippen LogP contribution in [0.5, 0.6) is 0 Å². The summed E-state index contributed by atoms with van der Waals surface area (Å²) in [5, 5.41) is 17.0. The van der Waals surface area contributed by atoms with Crippen molar-refractivity contribution in [3.05, 3.63) is 12.2 Å². The van der Waals surface area contributed by atoms with Crippen molar-refractivity contribution in [1.82, 2.24) is 35.1 Å².